The maximum Gasteiger partial charge on any atom is 0.389 e. The largest absolute Gasteiger partial charge is 0.389 e. The lowest BCUT2D eigenvalue weighted by Crippen LogP contribution is -2.24. The fraction of sp³-hybridized carbons (Fsp3) is 0.448. The van der Waals surface area contributed by atoms with Gasteiger partial charge in [-0.1, -0.05) is 48.6 Å². The van der Waals surface area contributed by atoms with Gasteiger partial charge in [0.15, 0.2) is 0 Å². The van der Waals surface area contributed by atoms with Crippen LogP contribution >= 0.6 is 0 Å². The lowest BCUT2D eigenvalue weighted by molar-refractivity contribution is -0.275. The first-order valence-electron chi connectivity index (χ1n) is 12.1. The van der Waals surface area contributed by atoms with Gasteiger partial charge in [0.1, 0.15) is 17.2 Å². The van der Waals surface area contributed by atoms with Crippen molar-refractivity contribution in [3.8, 4) is 0 Å². The number of hydrogen-bond donors (Lipinski definition) is 0. The Morgan fingerprint density at radius 1 is 0.971 bits per heavy atom. The molecule has 1 aliphatic carbocycles. The third-order valence-corrected chi connectivity index (χ3v) is 6.67. The molecule has 1 fully saturated rings. The van der Waals surface area contributed by atoms with E-state index in [1.165, 1.54) is 6.92 Å². The zero-order valence-electron chi connectivity index (χ0n) is 20.2. The minimum Gasteiger partial charge on any atom is -0.309 e. The van der Waals surface area contributed by atoms with Crippen molar-refractivity contribution in [1.82, 2.24) is 0 Å². The SMILES string of the molecule is C/C=C/CCc1ccc(C(C)OC(F)(F)c2c(F)cc(C3CCC(/C=C/C)CC3)cc2F)cc1. The number of benzene rings is 2. The number of ether oxygens (including phenoxy) is 1. The molecule has 0 N–H and O–H groups in total. The van der Waals surface area contributed by atoms with Crippen LogP contribution in [0.4, 0.5) is 17.6 Å². The van der Waals surface area contributed by atoms with Crippen LogP contribution in [0.3, 0.4) is 0 Å². The highest BCUT2D eigenvalue weighted by Crippen LogP contribution is 2.41. The zero-order chi connectivity index (χ0) is 24.7. The monoisotopic (exact) mass is 474 g/mol. The molecule has 0 radical (unpaired) electrons. The van der Waals surface area contributed by atoms with Gasteiger partial charge in [0.25, 0.3) is 0 Å². The molecule has 2 aromatic rings. The molecule has 3 rings (SSSR count). The average Bonchev–Trinajstić information content (AvgIpc) is 2.79. The standard InChI is InChI=1S/C29H34F4O/c1-4-6-7-9-22-10-14-23(15-11-22)20(3)34-29(32,33)28-26(30)18-25(19-27(28)31)24-16-12-21(8-5-2)13-17-24/h4-6,8,10-11,14-15,18-21,24H,7,9,12-13,16-17H2,1-3H3/b6-4+,8-5+. The topological polar surface area (TPSA) is 9.23 Å². The predicted octanol–water partition coefficient (Wildman–Crippen LogP) is 9.15. The second-order valence-electron chi connectivity index (χ2n) is 9.12. The van der Waals surface area contributed by atoms with Crippen molar-refractivity contribution in [2.75, 3.05) is 0 Å². The molecule has 34 heavy (non-hydrogen) atoms. The van der Waals surface area contributed by atoms with E-state index in [0.717, 1.165) is 56.2 Å². The summed E-state index contributed by atoms with van der Waals surface area (Å²) in [4.78, 5) is 0. The normalized spacial score (nSPS) is 20.3. The summed E-state index contributed by atoms with van der Waals surface area (Å²) in [5.74, 6) is -2.08. The van der Waals surface area contributed by atoms with Gasteiger partial charge in [-0.05, 0) is 100.0 Å². The van der Waals surface area contributed by atoms with Gasteiger partial charge in [0.05, 0.1) is 6.10 Å². The number of rotatable bonds is 9. The van der Waals surface area contributed by atoms with Crippen LogP contribution in [0.5, 0.6) is 0 Å². The lowest BCUT2D eigenvalue weighted by Gasteiger charge is -2.28. The van der Waals surface area contributed by atoms with Gasteiger partial charge in [-0.3, -0.25) is 0 Å². The summed E-state index contributed by atoms with van der Waals surface area (Å²) in [5, 5.41) is 0. The van der Waals surface area contributed by atoms with Gasteiger partial charge in [-0.2, -0.15) is 8.78 Å². The minimum atomic E-state index is -4.10. The van der Waals surface area contributed by atoms with E-state index in [1.54, 1.807) is 12.1 Å². The molecule has 1 saturated carbocycles. The van der Waals surface area contributed by atoms with Crippen LogP contribution in [-0.2, 0) is 17.3 Å². The summed E-state index contributed by atoms with van der Waals surface area (Å²) in [7, 11) is 0. The molecule has 0 bridgehead atoms. The van der Waals surface area contributed by atoms with E-state index in [0.29, 0.717) is 17.0 Å². The van der Waals surface area contributed by atoms with E-state index in [-0.39, 0.29) is 5.92 Å². The summed E-state index contributed by atoms with van der Waals surface area (Å²) in [6, 6.07) is 9.26. The second kappa shape index (κ2) is 11.8. The Balaban J connectivity index is 1.70. The van der Waals surface area contributed by atoms with Gasteiger partial charge in [-0.15, -0.1) is 0 Å². The van der Waals surface area contributed by atoms with Gasteiger partial charge in [0, 0.05) is 0 Å². The van der Waals surface area contributed by atoms with E-state index < -0.39 is 29.4 Å². The lowest BCUT2D eigenvalue weighted by atomic mass is 9.78. The van der Waals surface area contributed by atoms with Crippen molar-refractivity contribution in [1.29, 1.82) is 0 Å². The van der Waals surface area contributed by atoms with Crippen LogP contribution in [0.25, 0.3) is 0 Å². The number of aryl methyl sites for hydroxylation is 1. The molecule has 0 spiro atoms. The number of hydrogen-bond acceptors (Lipinski definition) is 1. The summed E-state index contributed by atoms with van der Waals surface area (Å²) in [5.41, 5.74) is 0.710. The summed E-state index contributed by atoms with van der Waals surface area (Å²) in [6.45, 7) is 5.38. The van der Waals surface area contributed by atoms with Crippen LogP contribution in [0.2, 0.25) is 0 Å². The minimum absolute atomic E-state index is 0.0284. The number of allylic oxidation sites excluding steroid dienone is 4. The summed E-state index contributed by atoms with van der Waals surface area (Å²) in [6.07, 6.45) is 8.20. The fourth-order valence-corrected chi connectivity index (χ4v) is 4.74. The second-order valence-corrected chi connectivity index (χ2v) is 9.12. The van der Waals surface area contributed by atoms with Crippen molar-refractivity contribution in [2.45, 2.75) is 77.4 Å². The third-order valence-electron chi connectivity index (χ3n) is 6.67. The van der Waals surface area contributed by atoms with Crippen molar-refractivity contribution < 1.29 is 22.3 Å². The van der Waals surface area contributed by atoms with Gasteiger partial charge in [0.2, 0.25) is 0 Å². The van der Waals surface area contributed by atoms with Crippen molar-refractivity contribution in [3.05, 3.63) is 94.6 Å². The first kappa shape index (κ1) is 26.2. The number of alkyl halides is 2. The fourth-order valence-electron chi connectivity index (χ4n) is 4.74. The van der Waals surface area contributed by atoms with Crippen molar-refractivity contribution in [3.63, 3.8) is 0 Å². The van der Waals surface area contributed by atoms with Crippen LogP contribution in [0.1, 0.15) is 87.2 Å². The summed E-state index contributed by atoms with van der Waals surface area (Å²) >= 11 is 0. The molecule has 1 atom stereocenters. The molecule has 0 aromatic heterocycles. The van der Waals surface area contributed by atoms with E-state index in [1.807, 2.05) is 38.1 Å². The van der Waals surface area contributed by atoms with Crippen molar-refractivity contribution in [2.24, 2.45) is 5.92 Å². The Labute approximate surface area is 200 Å². The predicted molar refractivity (Wildman–Crippen MR) is 129 cm³/mol. The Morgan fingerprint density at radius 3 is 2.15 bits per heavy atom. The van der Waals surface area contributed by atoms with Gasteiger partial charge >= 0.3 is 6.11 Å². The smallest absolute Gasteiger partial charge is 0.309 e. The highest BCUT2D eigenvalue weighted by Gasteiger charge is 2.41. The van der Waals surface area contributed by atoms with E-state index in [9.17, 15) is 17.6 Å². The van der Waals surface area contributed by atoms with Crippen molar-refractivity contribution >= 4 is 0 Å². The van der Waals surface area contributed by atoms with E-state index in [2.05, 4.69) is 12.2 Å². The summed E-state index contributed by atoms with van der Waals surface area (Å²) < 4.78 is 64.3. The molecule has 1 aliphatic rings. The van der Waals surface area contributed by atoms with Crippen LogP contribution < -0.4 is 0 Å². The van der Waals surface area contributed by atoms with Gasteiger partial charge in [-0.25, -0.2) is 8.78 Å². The highest BCUT2D eigenvalue weighted by atomic mass is 19.3. The molecule has 0 aliphatic heterocycles. The maximum atomic E-state index is 14.9. The number of halogens is 4. The third kappa shape index (κ3) is 6.59. The molecule has 0 saturated heterocycles. The zero-order valence-corrected chi connectivity index (χ0v) is 20.2. The molecule has 1 unspecified atom stereocenters. The molecular formula is C29H34F4O. The molecular weight excluding hydrogens is 440 g/mol. The molecule has 2 aromatic carbocycles. The molecule has 0 heterocycles. The maximum absolute atomic E-state index is 14.9. The van der Waals surface area contributed by atoms with Crippen LogP contribution in [0.15, 0.2) is 60.7 Å². The Bertz CT molecular complexity index is 963. The van der Waals surface area contributed by atoms with Crippen LogP contribution in [-0.4, -0.2) is 0 Å². The van der Waals surface area contributed by atoms with E-state index >= 15 is 0 Å². The average molecular weight is 475 g/mol. The quantitative estimate of drug-likeness (QED) is 0.260. The molecule has 0 amide bonds. The molecule has 1 nitrogen and oxygen atoms in total. The molecule has 184 valence electrons. The Hall–Kier alpha value is -2.40. The van der Waals surface area contributed by atoms with Crippen LogP contribution in [0, 0.1) is 17.6 Å². The first-order valence-corrected chi connectivity index (χ1v) is 12.1. The first-order chi connectivity index (χ1) is 16.2. The molecule has 5 heteroatoms. The van der Waals surface area contributed by atoms with E-state index in [4.69, 9.17) is 4.74 Å². The Morgan fingerprint density at radius 2 is 1.59 bits per heavy atom. The van der Waals surface area contributed by atoms with Gasteiger partial charge < -0.3 is 4.74 Å². The highest BCUT2D eigenvalue weighted by molar-refractivity contribution is 5.31. The Kier molecular flexibility index (Phi) is 9.12.